The largest absolute Gasteiger partial charge is 1.00 e. The van der Waals surface area contributed by atoms with Gasteiger partial charge in [0.2, 0.25) is 11.5 Å². The summed E-state index contributed by atoms with van der Waals surface area (Å²) in [6, 6.07) is 0.752. The van der Waals surface area contributed by atoms with Gasteiger partial charge in [-0.2, -0.15) is 0 Å². The van der Waals surface area contributed by atoms with Crippen molar-refractivity contribution in [1.29, 1.82) is 0 Å². The van der Waals surface area contributed by atoms with Gasteiger partial charge in [-0.1, -0.05) is 6.58 Å². The standard InChI is InChI=1S/C9H8O6.Na/c1-3(9(14)15)4-2-5(10)7(12)8(13)6(4)11;/h2,10-13H,1H2,(H,14,15);/q;+1/p-1. The molecular weight excluding hydrogens is 227 g/mol. The minimum atomic E-state index is -1.67. The number of aromatic hydroxyl groups is 4. The van der Waals surface area contributed by atoms with E-state index in [4.69, 9.17) is 15.3 Å². The van der Waals surface area contributed by atoms with Crippen LogP contribution >= 0.6 is 0 Å². The van der Waals surface area contributed by atoms with Crippen LogP contribution in [0.15, 0.2) is 12.6 Å². The molecular formula is C9H7NaO6. The first-order valence-electron chi connectivity index (χ1n) is 3.73. The Balaban J connectivity index is 0.00000225. The van der Waals surface area contributed by atoms with Crippen molar-refractivity contribution < 1.29 is 59.9 Å². The van der Waals surface area contributed by atoms with Gasteiger partial charge in [-0.15, -0.1) is 0 Å². The van der Waals surface area contributed by atoms with Gasteiger partial charge < -0.3 is 30.3 Å². The SMILES string of the molecule is C=C(C(=O)[O-])c1cc(O)c(O)c(O)c1O.[Na+]. The van der Waals surface area contributed by atoms with Crippen LogP contribution in [0.4, 0.5) is 0 Å². The second-order valence-electron chi connectivity index (χ2n) is 2.76. The number of benzene rings is 1. The maximum absolute atomic E-state index is 10.4. The molecule has 0 unspecified atom stereocenters. The fourth-order valence-electron chi connectivity index (χ4n) is 0.974. The van der Waals surface area contributed by atoms with Gasteiger partial charge >= 0.3 is 29.6 Å². The maximum atomic E-state index is 10.4. The number of hydrogen-bond acceptors (Lipinski definition) is 6. The molecule has 80 valence electrons. The summed E-state index contributed by atoms with van der Waals surface area (Å²) in [5.41, 5.74) is -1.05. The van der Waals surface area contributed by atoms with Crippen LogP contribution in [0.5, 0.6) is 23.0 Å². The Morgan fingerprint density at radius 1 is 1.12 bits per heavy atom. The quantitative estimate of drug-likeness (QED) is 0.181. The van der Waals surface area contributed by atoms with E-state index in [9.17, 15) is 15.0 Å². The smallest absolute Gasteiger partial charge is 0.545 e. The van der Waals surface area contributed by atoms with Gasteiger partial charge in [-0.3, -0.25) is 0 Å². The number of carbonyl (C=O) groups is 1. The van der Waals surface area contributed by atoms with Gasteiger partial charge in [0.05, 0.1) is 5.97 Å². The number of rotatable bonds is 2. The van der Waals surface area contributed by atoms with Crippen molar-refractivity contribution >= 4 is 11.5 Å². The number of carbonyl (C=O) groups excluding carboxylic acids is 1. The van der Waals surface area contributed by atoms with E-state index in [1.807, 2.05) is 0 Å². The molecule has 4 N–H and O–H groups in total. The third kappa shape index (κ3) is 2.41. The summed E-state index contributed by atoms with van der Waals surface area (Å²) in [7, 11) is 0. The Morgan fingerprint density at radius 3 is 2.06 bits per heavy atom. The van der Waals surface area contributed by atoms with Crippen molar-refractivity contribution in [3.05, 3.63) is 18.2 Å². The Kier molecular flexibility index (Phi) is 4.67. The van der Waals surface area contributed by atoms with Gasteiger partial charge in [0.1, 0.15) is 0 Å². The van der Waals surface area contributed by atoms with Crippen molar-refractivity contribution in [1.82, 2.24) is 0 Å². The maximum Gasteiger partial charge on any atom is 1.00 e. The van der Waals surface area contributed by atoms with E-state index in [1.54, 1.807) is 0 Å². The summed E-state index contributed by atoms with van der Waals surface area (Å²) in [5, 5.41) is 46.8. The van der Waals surface area contributed by atoms with Crippen LogP contribution in [0.25, 0.3) is 5.57 Å². The number of aliphatic carboxylic acids is 1. The minimum absolute atomic E-state index is 0. The van der Waals surface area contributed by atoms with Crippen LogP contribution in [0.3, 0.4) is 0 Å². The third-order valence-electron chi connectivity index (χ3n) is 1.80. The van der Waals surface area contributed by atoms with Crippen molar-refractivity contribution in [3.8, 4) is 23.0 Å². The fourth-order valence-corrected chi connectivity index (χ4v) is 0.974. The molecule has 0 spiro atoms. The molecule has 0 fully saturated rings. The second kappa shape index (κ2) is 5.11. The third-order valence-corrected chi connectivity index (χ3v) is 1.80. The van der Waals surface area contributed by atoms with E-state index in [2.05, 4.69) is 6.58 Å². The van der Waals surface area contributed by atoms with Crippen LogP contribution < -0.4 is 34.7 Å². The van der Waals surface area contributed by atoms with Gasteiger partial charge in [0, 0.05) is 11.1 Å². The van der Waals surface area contributed by atoms with Crippen LogP contribution in [-0.4, -0.2) is 26.4 Å². The van der Waals surface area contributed by atoms with Gasteiger partial charge in [-0.25, -0.2) is 0 Å². The zero-order chi connectivity index (χ0) is 11.7. The molecule has 0 atom stereocenters. The molecule has 16 heavy (non-hydrogen) atoms. The average Bonchev–Trinajstić information content (AvgIpc) is 2.19. The van der Waals surface area contributed by atoms with Crippen molar-refractivity contribution in [2.45, 2.75) is 0 Å². The average molecular weight is 234 g/mol. The molecule has 7 heteroatoms. The first kappa shape index (κ1) is 14.6. The second-order valence-corrected chi connectivity index (χ2v) is 2.76. The van der Waals surface area contributed by atoms with Gasteiger partial charge in [-0.05, 0) is 6.07 Å². The molecule has 1 aromatic carbocycles. The van der Waals surface area contributed by atoms with E-state index in [0.29, 0.717) is 0 Å². The van der Waals surface area contributed by atoms with E-state index in [1.165, 1.54) is 0 Å². The van der Waals surface area contributed by atoms with E-state index in [-0.39, 0.29) is 29.6 Å². The summed E-state index contributed by atoms with van der Waals surface area (Å²) in [4.78, 5) is 10.4. The summed E-state index contributed by atoms with van der Waals surface area (Å²) >= 11 is 0. The Bertz CT molecular complexity index is 454. The number of carboxylic acid groups (broad SMARTS) is 1. The molecule has 6 nitrogen and oxygen atoms in total. The predicted octanol–water partition coefficient (Wildman–Crippen LogP) is -3.72. The monoisotopic (exact) mass is 234 g/mol. The fraction of sp³-hybridized carbons (Fsp3) is 0. The van der Waals surface area contributed by atoms with Crippen LogP contribution in [0.1, 0.15) is 5.56 Å². The summed E-state index contributed by atoms with van der Waals surface area (Å²) in [6.07, 6.45) is 0. The molecule has 0 aliphatic carbocycles. The topological polar surface area (TPSA) is 121 Å². The van der Waals surface area contributed by atoms with Crippen molar-refractivity contribution in [3.63, 3.8) is 0 Å². The molecule has 1 rings (SSSR count). The van der Waals surface area contributed by atoms with Crippen LogP contribution in [0, 0.1) is 0 Å². The van der Waals surface area contributed by atoms with Gasteiger partial charge in [0.25, 0.3) is 0 Å². The molecule has 0 aliphatic heterocycles. The molecule has 1 aromatic rings. The molecule has 0 amide bonds. The Hall–Kier alpha value is -1.37. The number of phenols is 4. The molecule has 0 bridgehead atoms. The van der Waals surface area contributed by atoms with E-state index >= 15 is 0 Å². The molecule has 0 saturated carbocycles. The zero-order valence-corrected chi connectivity index (χ0v) is 10.4. The summed E-state index contributed by atoms with van der Waals surface area (Å²) in [6.45, 7) is 3.07. The molecule has 0 saturated heterocycles. The Labute approximate surface area is 112 Å². The van der Waals surface area contributed by atoms with E-state index in [0.717, 1.165) is 6.07 Å². The van der Waals surface area contributed by atoms with E-state index < -0.39 is 40.1 Å². The first-order chi connectivity index (χ1) is 6.86. The van der Waals surface area contributed by atoms with Crippen molar-refractivity contribution in [2.75, 3.05) is 0 Å². The minimum Gasteiger partial charge on any atom is -0.545 e. The van der Waals surface area contributed by atoms with Gasteiger partial charge in [0.15, 0.2) is 11.5 Å². The molecule has 0 radical (unpaired) electrons. The first-order valence-corrected chi connectivity index (χ1v) is 3.73. The summed E-state index contributed by atoms with van der Waals surface area (Å²) < 4.78 is 0. The van der Waals surface area contributed by atoms with Crippen LogP contribution in [0.2, 0.25) is 0 Å². The summed E-state index contributed by atoms with van der Waals surface area (Å²) in [5.74, 6) is -5.30. The predicted molar refractivity (Wildman–Crippen MR) is 47.1 cm³/mol. The Morgan fingerprint density at radius 2 is 1.62 bits per heavy atom. The molecule has 0 aliphatic rings. The normalized spacial score (nSPS) is 9.25. The number of hydrogen-bond donors (Lipinski definition) is 4. The number of carboxylic acids is 1. The number of phenolic OH excluding ortho intramolecular Hbond substituents is 4. The molecule has 0 heterocycles. The zero-order valence-electron chi connectivity index (χ0n) is 8.39. The molecule has 0 aromatic heterocycles. The van der Waals surface area contributed by atoms with Crippen molar-refractivity contribution in [2.24, 2.45) is 0 Å². The van der Waals surface area contributed by atoms with Crippen LogP contribution in [-0.2, 0) is 4.79 Å².